The molecule has 1 aliphatic heterocycles. The number of likely N-dealkylation sites (tertiary alicyclic amines) is 1. The summed E-state index contributed by atoms with van der Waals surface area (Å²) in [6.45, 7) is 5.21. The highest BCUT2D eigenvalue weighted by atomic mass is 16.5. The Balaban J connectivity index is 1.44. The minimum absolute atomic E-state index is 0.336. The molecule has 0 amide bonds. The Bertz CT molecular complexity index is 796. The number of benzene rings is 1. The van der Waals surface area contributed by atoms with Gasteiger partial charge in [-0.25, -0.2) is 9.78 Å². The van der Waals surface area contributed by atoms with Crippen molar-refractivity contribution in [2.24, 2.45) is 11.8 Å². The van der Waals surface area contributed by atoms with Gasteiger partial charge < -0.3 is 9.15 Å². The number of carbonyl (C=O) groups is 1. The third-order valence-corrected chi connectivity index (χ3v) is 6.19. The number of nitrogens with zero attached hydrogens (tertiary/aromatic N) is 2. The van der Waals surface area contributed by atoms with Gasteiger partial charge in [-0.15, -0.1) is 0 Å². The van der Waals surface area contributed by atoms with Gasteiger partial charge in [-0.1, -0.05) is 19.3 Å². The Hall–Kier alpha value is -2.14. The maximum Gasteiger partial charge on any atom is 0.337 e. The molecule has 0 spiro atoms. The maximum absolute atomic E-state index is 11.6. The van der Waals surface area contributed by atoms with Crippen molar-refractivity contribution in [1.82, 2.24) is 9.88 Å². The van der Waals surface area contributed by atoms with E-state index in [1.165, 1.54) is 45.8 Å². The smallest absolute Gasteiger partial charge is 0.337 e. The molecule has 1 aromatic carbocycles. The summed E-state index contributed by atoms with van der Waals surface area (Å²) in [5, 5.41) is 0. The van der Waals surface area contributed by atoms with Crippen LogP contribution in [0.1, 0.15) is 53.9 Å². The molecule has 144 valence electrons. The first-order valence-corrected chi connectivity index (χ1v) is 10.0. The van der Waals surface area contributed by atoms with E-state index in [0.717, 1.165) is 41.9 Å². The predicted octanol–water partition coefficient (Wildman–Crippen LogP) is 4.45. The number of esters is 1. The number of piperidine rings is 1. The first kappa shape index (κ1) is 18.2. The molecule has 2 fully saturated rings. The summed E-state index contributed by atoms with van der Waals surface area (Å²) < 4.78 is 10.7. The summed E-state index contributed by atoms with van der Waals surface area (Å²) in [7, 11) is 1.39. The fraction of sp³-hybridized carbons (Fsp3) is 0.545. The van der Waals surface area contributed by atoms with Crippen LogP contribution in [0, 0.1) is 18.8 Å². The minimum Gasteiger partial charge on any atom is -0.465 e. The number of oxazole rings is 1. The molecule has 1 saturated heterocycles. The second-order valence-electron chi connectivity index (χ2n) is 7.92. The molecule has 2 heterocycles. The highest BCUT2D eigenvalue weighted by Crippen LogP contribution is 2.36. The number of aromatic nitrogens is 1. The van der Waals surface area contributed by atoms with Crippen molar-refractivity contribution in [3.05, 3.63) is 41.3 Å². The Morgan fingerprint density at radius 3 is 2.67 bits per heavy atom. The molecule has 1 aromatic heterocycles. The predicted molar refractivity (Wildman–Crippen MR) is 103 cm³/mol. The Morgan fingerprint density at radius 2 is 1.93 bits per heavy atom. The molecule has 2 aliphatic rings. The average molecular weight is 368 g/mol. The van der Waals surface area contributed by atoms with Crippen LogP contribution in [0.2, 0.25) is 0 Å². The number of carbonyl (C=O) groups excluding carboxylic acids is 1. The largest absolute Gasteiger partial charge is 0.465 e. The van der Waals surface area contributed by atoms with E-state index in [-0.39, 0.29) is 5.97 Å². The summed E-state index contributed by atoms with van der Waals surface area (Å²) >= 11 is 0. The van der Waals surface area contributed by atoms with Crippen LogP contribution in [0.4, 0.5) is 0 Å². The van der Waals surface area contributed by atoms with Crippen molar-refractivity contribution in [3.63, 3.8) is 0 Å². The zero-order chi connectivity index (χ0) is 18.8. The summed E-state index contributed by atoms with van der Waals surface area (Å²) in [5.41, 5.74) is 2.43. The van der Waals surface area contributed by atoms with E-state index in [9.17, 15) is 4.79 Å². The van der Waals surface area contributed by atoms with Crippen LogP contribution in [0.15, 0.2) is 28.7 Å². The average Bonchev–Trinajstić information content (AvgIpc) is 3.07. The Kier molecular flexibility index (Phi) is 5.30. The van der Waals surface area contributed by atoms with Crippen LogP contribution in [0.5, 0.6) is 0 Å². The second-order valence-corrected chi connectivity index (χ2v) is 7.92. The number of ether oxygens (including phenoxy) is 1. The van der Waals surface area contributed by atoms with Crippen molar-refractivity contribution < 1.29 is 13.9 Å². The number of rotatable bonds is 4. The lowest BCUT2D eigenvalue weighted by molar-refractivity contribution is 0.0600. The number of fused-ring (bicyclic) bond motifs is 1. The van der Waals surface area contributed by atoms with E-state index in [0.29, 0.717) is 11.5 Å². The van der Waals surface area contributed by atoms with E-state index < -0.39 is 0 Å². The van der Waals surface area contributed by atoms with Gasteiger partial charge in [0.1, 0.15) is 5.76 Å². The van der Waals surface area contributed by atoms with Crippen LogP contribution in [0.3, 0.4) is 0 Å². The lowest BCUT2D eigenvalue weighted by Gasteiger charge is -2.41. The van der Waals surface area contributed by atoms with Gasteiger partial charge in [-0.2, -0.15) is 0 Å². The molecule has 0 unspecified atom stereocenters. The van der Waals surface area contributed by atoms with Gasteiger partial charge in [-0.3, -0.25) is 4.90 Å². The van der Waals surface area contributed by atoms with E-state index in [1.807, 2.05) is 19.1 Å². The number of hydrogen-bond donors (Lipinski definition) is 0. The third kappa shape index (κ3) is 3.93. The van der Waals surface area contributed by atoms with Crippen molar-refractivity contribution in [2.45, 2.75) is 45.6 Å². The standard InChI is InChI=1S/C22H28N2O3/c1-15-20(14-24-12-11-16-5-3-4-6-19(16)13-24)23-21(27-15)17-7-9-18(10-8-17)22(25)26-2/h7-10,16,19H,3-6,11-14H2,1-2H3/t16-,19-/m0/s1. The molecule has 27 heavy (non-hydrogen) atoms. The molecule has 0 bridgehead atoms. The fourth-order valence-electron chi connectivity index (χ4n) is 4.60. The quantitative estimate of drug-likeness (QED) is 0.746. The third-order valence-electron chi connectivity index (χ3n) is 6.19. The van der Waals surface area contributed by atoms with E-state index in [1.54, 1.807) is 12.1 Å². The van der Waals surface area contributed by atoms with Crippen LogP contribution < -0.4 is 0 Å². The van der Waals surface area contributed by atoms with Crippen LogP contribution in [0.25, 0.3) is 11.5 Å². The monoisotopic (exact) mass is 368 g/mol. The van der Waals surface area contributed by atoms with Gasteiger partial charge in [-0.05, 0) is 62.4 Å². The highest BCUT2D eigenvalue weighted by Gasteiger charge is 2.31. The number of aryl methyl sites for hydroxylation is 1. The lowest BCUT2D eigenvalue weighted by atomic mass is 9.75. The van der Waals surface area contributed by atoms with Crippen LogP contribution in [-0.4, -0.2) is 36.1 Å². The van der Waals surface area contributed by atoms with Crippen molar-refractivity contribution >= 4 is 5.97 Å². The van der Waals surface area contributed by atoms with Crippen molar-refractivity contribution in [3.8, 4) is 11.5 Å². The number of hydrogen-bond acceptors (Lipinski definition) is 5. The summed E-state index contributed by atoms with van der Waals surface area (Å²) in [6.07, 6.45) is 6.94. The highest BCUT2D eigenvalue weighted by molar-refractivity contribution is 5.89. The molecule has 5 heteroatoms. The Labute approximate surface area is 160 Å². The molecular weight excluding hydrogens is 340 g/mol. The van der Waals surface area contributed by atoms with Crippen LogP contribution >= 0.6 is 0 Å². The first-order valence-electron chi connectivity index (χ1n) is 10.0. The maximum atomic E-state index is 11.6. The SMILES string of the molecule is COC(=O)c1ccc(-c2nc(CN3CC[C@@H]4CCCC[C@H]4C3)c(C)o2)cc1. The number of methoxy groups -OCH3 is 1. The molecule has 0 radical (unpaired) electrons. The van der Waals surface area contributed by atoms with E-state index >= 15 is 0 Å². The van der Waals surface area contributed by atoms with E-state index in [4.69, 9.17) is 14.1 Å². The topological polar surface area (TPSA) is 55.6 Å². The van der Waals surface area contributed by atoms with Crippen molar-refractivity contribution in [1.29, 1.82) is 0 Å². The van der Waals surface area contributed by atoms with Gasteiger partial charge in [0, 0.05) is 18.7 Å². The van der Waals surface area contributed by atoms with Gasteiger partial charge >= 0.3 is 5.97 Å². The molecular formula is C22H28N2O3. The zero-order valence-corrected chi connectivity index (χ0v) is 16.2. The molecule has 1 aliphatic carbocycles. The second kappa shape index (κ2) is 7.85. The zero-order valence-electron chi connectivity index (χ0n) is 16.2. The molecule has 0 N–H and O–H groups in total. The molecule has 2 atom stereocenters. The van der Waals surface area contributed by atoms with Gasteiger partial charge in [0.2, 0.25) is 5.89 Å². The molecule has 4 rings (SSSR count). The van der Waals surface area contributed by atoms with Gasteiger partial charge in [0.25, 0.3) is 0 Å². The minimum atomic E-state index is -0.336. The van der Waals surface area contributed by atoms with Crippen LogP contribution in [-0.2, 0) is 11.3 Å². The van der Waals surface area contributed by atoms with Gasteiger partial charge in [0.15, 0.2) is 0 Å². The normalized spacial score (nSPS) is 23.0. The first-order chi connectivity index (χ1) is 13.1. The fourth-order valence-corrected chi connectivity index (χ4v) is 4.60. The summed E-state index contributed by atoms with van der Waals surface area (Å²) in [5.74, 6) is 2.97. The van der Waals surface area contributed by atoms with Crippen molar-refractivity contribution in [2.75, 3.05) is 20.2 Å². The summed E-state index contributed by atoms with van der Waals surface area (Å²) in [6, 6.07) is 7.20. The lowest BCUT2D eigenvalue weighted by Crippen LogP contribution is -2.41. The molecule has 1 saturated carbocycles. The Morgan fingerprint density at radius 1 is 1.19 bits per heavy atom. The van der Waals surface area contributed by atoms with Gasteiger partial charge in [0.05, 0.1) is 18.4 Å². The molecule has 2 aromatic rings. The molecule has 5 nitrogen and oxygen atoms in total. The summed E-state index contributed by atoms with van der Waals surface area (Å²) in [4.78, 5) is 18.9. The van der Waals surface area contributed by atoms with E-state index in [2.05, 4.69) is 4.90 Å².